The summed E-state index contributed by atoms with van der Waals surface area (Å²) in [5.74, 6) is -0.0997. The van der Waals surface area contributed by atoms with Crippen LogP contribution in [0.5, 0.6) is 0 Å². The molecule has 0 N–H and O–H groups in total. The number of piperidine rings is 1. The zero-order valence-corrected chi connectivity index (χ0v) is 15.3. The molecule has 2 aliphatic heterocycles. The van der Waals surface area contributed by atoms with Gasteiger partial charge in [-0.05, 0) is 25.5 Å². The van der Waals surface area contributed by atoms with Crippen LogP contribution < -0.4 is 0 Å². The van der Waals surface area contributed by atoms with E-state index in [1.54, 1.807) is 17.0 Å². The first kappa shape index (κ1) is 18.2. The maximum Gasteiger partial charge on any atom is 0.410 e. The molecular formula is C19H24N4O3. The third-order valence-electron chi connectivity index (χ3n) is 5.32. The molecule has 26 heavy (non-hydrogen) atoms. The Balaban J connectivity index is 1.61. The number of hydrogen-bond acceptors (Lipinski definition) is 5. The number of amides is 2. The Morgan fingerprint density at radius 2 is 2.15 bits per heavy atom. The summed E-state index contributed by atoms with van der Waals surface area (Å²) in [7, 11) is 0. The zero-order chi connectivity index (χ0) is 18.7. The maximum atomic E-state index is 12.6. The number of likely N-dealkylation sites (tertiary alicyclic amines) is 1. The average molecular weight is 356 g/mol. The first-order valence-electron chi connectivity index (χ1n) is 9.13. The van der Waals surface area contributed by atoms with Crippen molar-refractivity contribution in [1.82, 2.24) is 14.8 Å². The van der Waals surface area contributed by atoms with Gasteiger partial charge in [0.15, 0.2) is 0 Å². The minimum Gasteiger partial charge on any atom is -0.441 e. The van der Waals surface area contributed by atoms with Crippen LogP contribution >= 0.6 is 0 Å². The van der Waals surface area contributed by atoms with Crippen LogP contribution in [0.2, 0.25) is 0 Å². The van der Waals surface area contributed by atoms with Gasteiger partial charge in [-0.3, -0.25) is 4.79 Å². The quantitative estimate of drug-likeness (QED) is 0.827. The molecule has 138 valence electrons. The molecule has 1 spiro atoms. The summed E-state index contributed by atoms with van der Waals surface area (Å²) in [6.07, 6.45) is 4.48. The molecule has 2 amide bonds. The summed E-state index contributed by atoms with van der Waals surface area (Å²) < 4.78 is 5.73. The van der Waals surface area contributed by atoms with Crippen LogP contribution in [0.1, 0.15) is 55.6 Å². The largest absolute Gasteiger partial charge is 0.441 e. The predicted octanol–water partition coefficient (Wildman–Crippen LogP) is 2.57. The van der Waals surface area contributed by atoms with Gasteiger partial charge >= 0.3 is 6.09 Å². The summed E-state index contributed by atoms with van der Waals surface area (Å²) in [5, 5.41) is 8.80. The maximum absolute atomic E-state index is 12.6. The minimum atomic E-state index is -0.473. The van der Waals surface area contributed by atoms with Gasteiger partial charge in [-0.15, -0.1) is 0 Å². The topological polar surface area (TPSA) is 86.5 Å². The van der Waals surface area contributed by atoms with E-state index in [1.807, 2.05) is 11.0 Å². The van der Waals surface area contributed by atoms with Gasteiger partial charge in [0.1, 0.15) is 17.4 Å². The number of rotatable bonds is 4. The Hall–Kier alpha value is -2.62. The van der Waals surface area contributed by atoms with Gasteiger partial charge in [0.2, 0.25) is 0 Å². The molecule has 0 aromatic carbocycles. The van der Waals surface area contributed by atoms with Crippen molar-refractivity contribution >= 4 is 12.0 Å². The first-order valence-corrected chi connectivity index (χ1v) is 9.13. The highest BCUT2D eigenvalue weighted by Crippen LogP contribution is 2.35. The van der Waals surface area contributed by atoms with Crippen molar-refractivity contribution in [3.05, 3.63) is 29.6 Å². The summed E-state index contributed by atoms with van der Waals surface area (Å²) in [5.41, 5.74) is 0.290. The fourth-order valence-electron chi connectivity index (χ4n) is 3.71. The number of aromatic nitrogens is 1. The third kappa shape index (κ3) is 3.50. The molecule has 2 fully saturated rings. The number of carbonyl (C=O) groups excluding carboxylic acids is 2. The molecule has 0 aliphatic carbocycles. The molecule has 1 aromatic rings. The van der Waals surface area contributed by atoms with E-state index < -0.39 is 5.60 Å². The second kappa shape index (κ2) is 7.32. The third-order valence-corrected chi connectivity index (χ3v) is 5.32. The van der Waals surface area contributed by atoms with Crippen LogP contribution in [-0.4, -0.2) is 58.1 Å². The van der Waals surface area contributed by atoms with E-state index in [0.29, 0.717) is 43.7 Å². The molecule has 0 radical (unpaired) electrons. The number of pyridine rings is 1. The second-order valence-corrected chi connectivity index (χ2v) is 7.15. The van der Waals surface area contributed by atoms with Gasteiger partial charge in [0.05, 0.1) is 12.1 Å². The molecule has 7 heteroatoms. The summed E-state index contributed by atoms with van der Waals surface area (Å²) in [4.78, 5) is 32.4. The zero-order valence-electron chi connectivity index (χ0n) is 15.3. The lowest BCUT2D eigenvalue weighted by Crippen LogP contribution is -2.49. The molecule has 0 bridgehead atoms. The van der Waals surface area contributed by atoms with Crippen molar-refractivity contribution in [2.24, 2.45) is 0 Å². The Bertz CT molecular complexity index is 717. The van der Waals surface area contributed by atoms with E-state index in [2.05, 4.69) is 18.8 Å². The SMILES string of the molecule is CCC[C@H](C)N1CC2(CCN(C(=O)c3ccc(C#N)nc3)CC2)OC1=O. The van der Waals surface area contributed by atoms with Crippen LogP contribution in [0.25, 0.3) is 0 Å². The molecular weight excluding hydrogens is 332 g/mol. The highest BCUT2D eigenvalue weighted by atomic mass is 16.6. The Morgan fingerprint density at radius 1 is 1.42 bits per heavy atom. The van der Waals surface area contributed by atoms with Crippen LogP contribution in [0.15, 0.2) is 18.3 Å². The van der Waals surface area contributed by atoms with E-state index in [0.717, 1.165) is 12.8 Å². The van der Waals surface area contributed by atoms with Crippen molar-refractivity contribution in [3.63, 3.8) is 0 Å². The van der Waals surface area contributed by atoms with E-state index in [-0.39, 0.29) is 18.0 Å². The normalized spacial score (nSPS) is 20.0. The minimum absolute atomic E-state index is 0.0997. The second-order valence-electron chi connectivity index (χ2n) is 7.15. The molecule has 0 saturated carbocycles. The molecule has 2 saturated heterocycles. The number of nitrogens with zero attached hydrogens (tertiary/aromatic N) is 4. The fraction of sp³-hybridized carbons (Fsp3) is 0.579. The Morgan fingerprint density at radius 3 is 2.73 bits per heavy atom. The van der Waals surface area contributed by atoms with Crippen LogP contribution in [-0.2, 0) is 4.74 Å². The van der Waals surface area contributed by atoms with Gasteiger partial charge in [-0.25, -0.2) is 9.78 Å². The summed E-state index contributed by atoms with van der Waals surface area (Å²) >= 11 is 0. The molecule has 0 unspecified atom stereocenters. The van der Waals surface area contributed by atoms with Gasteiger partial charge < -0.3 is 14.5 Å². The van der Waals surface area contributed by atoms with E-state index >= 15 is 0 Å². The van der Waals surface area contributed by atoms with Crippen molar-refractivity contribution in [2.45, 2.75) is 51.2 Å². The van der Waals surface area contributed by atoms with E-state index in [1.165, 1.54) is 6.20 Å². The highest BCUT2D eigenvalue weighted by Gasteiger charge is 2.48. The number of nitriles is 1. The molecule has 7 nitrogen and oxygen atoms in total. The molecule has 1 atom stereocenters. The predicted molar refractivity (Wildman–Crippen MR) is 94.4 cm³/mol. The van der Waals surface area contributed by atoms with E-state index in [4.69, 9.17) is 10.00 Å². The van der Waals surface area contributed by atoms with Gasteiger partial charge in [-0.2, -0.15) is 5.26 Å². The lowest BCUT2D eigenvalue weighted by atomic mass is 9.90. The van der Waals surface area contributed by atoms with Crippen LogP contribution in [0.4, 0.5) is 4.79 Å². The lowest BCUT2D eigenvalue weighted by Gasteiger charge is -2.37. The summed E-state index contributed by atoms with van der Waals surface area (Å²) in [6, 6.07) is 5.29. The van der Waals surface area contributed by atoms with E-state index in [9.17, 15) is 9.59 Å². The van der Waals surface area contributed by atoms with Crippen molar-refractivity contribution in [1.29, 1.82) is 5.26 Å². The molecule has 1 aromatic heterocycles. The van der Waals surface area contributed by atoms with Crippen molar-refractivity contribution in [2.75, 3.05) is 19.6 Å². The standard InChI is InChI=1S/C19H24N4O3/c1-3-4-14(2)23-13-19(26-18(23)25)7-9-22(10-8-19)17(24)15-5-6-16(11-20)21-12-15/h5-6,12,14H,3-4,7-10,13H2,1-2H3/t14-/m0/s1. The Kier molecular flexibility index (Phi) is 5.12. The highest BCUT2D eigenvalue weighted by molar-refractivity contribution is 5.94. The van der Waals surface area contributed by atoms with Crippen molar-refractivity contribution < 1.29 is 14.3 Å². The smallest absolute Gasteiger partial charge is 0.410 e. The molecule has 3 rings (SSSR count). The van der Waals surface area contributed by atoms with Gasteiger partial charge in [0.25, 0.3) is 5.91 Å². The number of carbonyl (C=O) groups is 2. The van der Waals surface area contributed by atoms with Gasteiger partial charge in [-0.1, -0.05) is 13.3 Å². The number of ether oxygens (including phenoxy) is 1. The van der Waals surface area contributed by atoms with Crippen molar-refractivity contribution in [3.8, 4) is 6.07 Å². The van der Waals surface area contributed by atoms with Gasteiger partial charge in [0, 0.05) is 38.2 Å². The van der Waals surface area contributed by atoms with Crippen LogP contribution in [0.3, 0.4) is 0 Å². The molecule has 3 heterocycles. The monoisotopic (exact) mass is 356 g/mol. The van der Waals surface area contributed by atoms with Crippen LogP contribution in [0, 0.1) is 11.3 Å². The first-order chi connectivity index (χ1) is 12.5. The fourth-order valence-corrected chi connectivity index (χ4v) is 3.71. The molecule has 2 aliphatic rings. The summed E-state index contributed by atoms with van der Waals surface area (Å²) in [6.45, 7) is 5.85. The number of hydrogen-bond donors (Lipinski definition) is 0. The Labute approximate surface area is 153 Å². The average Bonchev–Trinajstić information content (AvgIpc) is 2.98. The lowest BCUT2D eigenvalue weighted by molar-refractivity contribution is 0.00306.